The summed E-state index contributed by atoms with van der Waals surface area (Å²) in [5, 5.41) is 0. The van der Waals surface area contributed by atoms with Crippen LogP contribution in [0.1, 0.15) is 59.3 Å². The van der Waals surface area contributed by atoms with E-state index >= 15 is 0 Å². The summed E-state index contributed by atoms with van der Waals surface area (Å²) in [6, 6.07) is 0. The van der Waals surface area contributed by atoms with E-state index in [2.05, 4.69) is 27.0 Å². The third kappa shape index (κ3) is 4.29. The molecule has 0 heterocycles. The smallest absolute Gasteiger partial charge is 0.0154 e. The van der Waals surface area contributed by atoms with Crippen LogP contribution in [0.25, 0.3) is 0 Å². The monoisotopic (exact) mass is 243 g/mol. The minimum atomic E-state index is 0.164. The minimum absolute atomic E-state index is 0.164. The zero-order chi connectivity index (χ0) is 12.2. The maximum atomic E-state index is 6.50. The van der Waals surface area contributed by atoms with Crippen LogP contribution >= 0.6 is 11.8 Å². The number of hydrogen-bond acceptors (Lipinski definition) is 2. The standard InChI is InChI=1S/C14H29NS/c1-13(2,3)12-6-9-14(15,10-7-12)8-5-11-16-4/h12H,5-11,15H2,1-4H3. The van der Waals surface area contributed by atoms with Crippen LogP contribution in [0.4, 0.5) is 0 Å². The SMILES string of the molecule is CSCCCC1(N)CCC(C(C)(C)C)CC1. The largest absolute Gasteiger partial charge is 0.325 e. The van der Waals surface area contributed by atoms with Crippen molar-refractivity contribution in [1.82, 2.24) is 0 Å². The summed E-state index contributed by atoms with van der Waals surface area (Å²) in [7, 11) is 0. The Labute approximate surface area is 106 Å². The molecule has 0 aromatic carbocycles. The molecular weight excluding hydrogens is 214 g/mol. The van der Waals surface area contributed by atoms with Gasteiger partial charge in [-0.05, 0) is 61.9 Å². The molecule has 1 nitrogen and oxygen atoms in total. The summed E-state index contributed by atoms with van der Waals surface area (Å²) in [6.07, 6.45) is 9.84. The van der Waals surface area contributed by atoms with E-state index < -0.39 is 0 Å². The predicted molar refractivity (Wildman–Crippen MR) is 75.9 cm³/mol. The molecule has 96 valence electrons. The molecule has 0 aliphatic heterocycles. The summed E-state index contributed by atoms with van der Waals surface area (Å²) in [4.78, 5) is 0. The lowest BCUT2D eigenvalue weighted by Crippen LogP contribution is -2.45. The van der Waals surface area contributed by atoms with Crippen LogP contribution in [0.3, 0.4) is 0 Å². The molecule has 0 saturated heterocycles. The van der Waals surface area contributed by atoms with Gasteiger partial charge in [0.15, 0.2) is 0 Å². The van der Waals surface area contributed by atoms with Crippen molar-refractivity contribution in [3.8, 4) is 0 Å². The maximum Gasteiger partial charge on any atom is 0.0154 e. The number of nitrogens with two attached hydrogens (primary N) is 1. The van der Waals surface area contributed by atoms with E-state index in [1.807, 2.05) is 11.8 Å². The molecule has 0 bridgehead atoms. The summed E-state index contributed by atoms with van der Waals surface area (Å²) in [5.74, 6) is 2.14. The van der Waals surface area contributed by atoms with Gasteiger partial charge in [0, 0.05) is 5.54 Å². The van der Waals surface area contributed by atoms with Crippen molar-refractivity contribution in [1.29, 1.82) is 0 Å². The Hall–Kier alpha value is 0.310. The van der Waals surface area contributed by atoms with Crippen LogP contribution < -0.4 is 5.73 Å². The van der Waals surface area contributed by atoms with Gasteiger partial charge in [-0.15, -0.1) is 0 Å². The molecule has 0 unspecified atom stereocenters. The van der Waals surface area contributed by atoms with E-state index in [-0.39, 0.29) is 5.54 Å². The Morgan fingerprint density at radius 1 is 1.25 bits per heavy atom. The second-order valence-corrected chi connectivity index (χ2v) is 7.58. The molecule has 16 heavy (non-hydrogen) atoms. The highest BCUT2D eigenvalue weighted by atomic mass is 32.2. The van der Waals surface area contributed by atoms with Crippen LogP contribution in [-0.2, 0) is 0 Å². The lowest BCUT2D eigenvalue weighted by Gasteiger charge is -2.42. The van der Waals surface area contributed by atoms with Gasteiger partial charge in [-0.2, -0.15) is 11.8 Å². The van der Waals surface area contributed by atoms with Gasteiger partial charge < -0.3 is 5.73 Å². The summed E-state index contributed by atoms with van der Waals surface area (Å²) < 4.78 is 0. The van der Waals surface area contributed by atoms with Crippen LogP contribution in [0, 0.1) is 11.3 Å². The van der Waals surface area contributed by atoms with Crippen molar-refractivity contribution in [2.45, 2.75) is 64.8 Å². The van der Waals surface area contributed by atoms with E-state index in [1.165, 1.54) is 44.3 Å². The van der Waals surface area contributed by atoms with E-state index in [0.717, 1.165) is 5.92 Å². The molecule has 1 fully saturated rings. The first-order chi connectivity index (χ1) is 7.37. The average Bonchev–Trinajstić information content (AvgIpc) is 2.17. The van der Waals surface area contributed by atoms with Gasteiger partial charge in [-0.25, -0.2) is 0 Å². The first kappa shape index (κ1) is 14.4. The third-order valence-electron chi connectivity index (χ3n) is 4.23. The Balaban J connectivity index is 2.35. The molecule has 0 atom stereocenters. The molecule has 2 heteroatoms. The Morgan fingerprint density at radius 3 is 2.25 bits per heavy atom. The van der Waals surface area contributed by atoms with Gasteiger partial charge >= 0.3 is 0 Å². The lowest BCUT2D eigenvalue weighted by molar-refractivity contribution is 0.129. The fourth-order valence-corrected chi connectivity index (χ4v) is 3.31. The van der Waals surface area contributed by atoms with Crippen LogP contribution in [-0.4, -0.2) is 17.5 Å². The van der Waals surface area contributed by atoms with Gasteiger partial charge in [-0.1, -0.05) is 20.8 Å². The lowest BCUT2D eigenvalue weighted by atomic mass is 9.66. The predicted octanol–water partition coefficient (Wildman–Crippen LogP) is 4.06. The van der Waals surface area contributed by atoms with Gasteiger partial charge in [0.25, 0.3) is 0 Å². The zero-order valence-electron chi connectivity index (χ0n) is 11.5. The molecule has 1 aliphatic rings. The average molecular weight is 243 g/mol. The highest BCUT2D eigenvalue weighted by Crippen LogP contribution is 2.41. The van der Waals surface area contributed by atoms with Crippen molar-refractivity contribution < 1.29 is 0 Å². The summed E-state index contributed by atoms with van der Waals surface area (Å²) in [6.45, 7) is 7.11. The van der Waals surface area contributed by atoms with Crippen LogP contribution in [0.5, 0.6) is 0 Å². The van der Waals surface area contributed by atoms with Crippen LogP contribution in [0.2, 0.25) is 0 Å². The number of rotatable bonds is 4. The van der Waals surface area contributed by atoms with Crippen LogP contribution in [0.15, 0.2) is 0 Å². The molecule has 0 aromatic rings. The van der Waals surface area contributed by atoms with Gasteiger partial charge in [0.1, 0.15) is 0 Å². The Morgan fingerprint density at radius 2 is 1.81 bits per heavy atom. The summed E-state index contributed by atoms with van der Waals surface area (Å²) in [5.41, 5.74) is 7.13. The first-order valence-electron chi connectivity index (χ1n) is 6.65. The second-order valence-electron chi connectivity index (χ2n) is 6.60. The number of thioether (sulfide) groups is 1. The normalized spacial score (nSPS) is 31.7. The highest BCUT2D eigenvalue weighted by molar-refractivity contribution is 7.98. The first-order valence-corrected chi connectivity index (χ1v) is 8.05. The quantitative estimate of drug-likeness (QED) is 0.753. The molecule has 2 N–H and O–H groups in total. The molecule has 0 aromatic heterocycles. The molecule has 1 saturated carbocycles. The van der Waals surface area contributed by atoms with E-state index in [4.69, 9.17) is 5.73 Å². The van der Waals surface area contributed by atoms with E-state index in [9.17, 15) is 0 Å². The fourth-order valence-electron chi connectivity index (χ4n) is 2.88. The second kappa shape index (κ2) is 5.77. The molecule has 1 aliphatic carbocycles. The Bertz CT molecular complexity index is 199. The summed E-state index contributed by atoms with van der Waals surface area (Å²) >= 11 is 1.94. The van der Waals surface area contributed by atoms with Gasteiger partial charge in [0.05, 0.1) is 0 Å². The van der Waals surface area contributed by atoms with E-state index in [0.29, 0.717) is 5.41 Å². The zero-order valence-corrected chi connectivity index (χ0v) is 12.3. The third-order valence-corrected chi connectivity index (χ3v) is 4.93. The molecule has 0 radical (unpaired) electrons. The maximum absolute atomic E-state index is 6.50. The minimum Gasteiger partial charge on any atom is -0.325 e. The van der Waals surface area contributed by atoms with E-state index in [1.54, 1.807) is 0 Å². The van der Waals surface area contributed by atoms with Crippen molar-refractivity contribution in [3.05, 3.63) is 0 Å². The highest BCUT2D eigenvalue weighted by Gasteiger charge is 2.35. The number of hydrogen-bond donors (Lipinski definition) is 1. The van der Waals surface area contributed by atoms with Crippen molar-refractivity contribution >= 4 is 11.8 Å². The molecule has 0 amide bonds. The molecular formula is C14H29NS. The van der Waals surface area contributed by atoms with Crippen molar-refractivity contribution in [3.63, 3.8) is 0 Å². The molecule has 1 rings (SSSR count). The van der Waals surface area contributed by atoms with Gasteiger partial charge in [0.2, 0.25) is 0 Å². The van der Waals surface area contributed by atoms with Crippen molar-refractivity contribution in [2.24, 2.45) is 17.1 Å². The van der Waals surface area contributed by atoms with Crippen molar-refractivity contribution in [2.75, 3.05) is 12.0 Å². The topological polar surface area (TPSA) is 26.0 Å². The van der Waals surface area contributed by atoms with Gasteiger partial charge in [-0.3, -0.25) is 0 Å². The molecule has 0 spiro atoms. The fraction of sp³-hybridized carbons (Fsp3) is 1.00. The Kier molecular flexibility index (Phi) is 5.18.